The molecule has 15 heavy (non-hydrogen) atoms. The van der Waals surface area contributed by atoms with E-state index in [1.165, 1.54) is 30.6 Å². The Hall–Kier alpha value is -0.540. The number of nitrogens with one attached hydrogen (secondary N) is 1. The molecule has 3 heteroatoms. The molecule has 0 saturated heterocycles. The van der Waals surface area contributed by atoms with Crippen molar-refractivity contribution in [2.75, 3.05) is 5.73 Å². The van der Waals surface area contributed by atoms with Crippen molar-refractivity contribution in [1.29, 1.82) is 0 Å². The number of hydrogen-bond donors (Lipinski definition) is 2. The van der Waals surface area contributed by atoms with Crippen LogP contribution in [0.2, 0.25) is 0 Å². The minimum atomic E-state index is 0.633. The first-order valence-electron chi connectivity index (χ1n) is 5.82. The van der Waals surface area contributed by atoms with Gasteiger partial charge in [0, 0.05) is 23.2 Å². The summed E-state index contributed by atoms with van der Waals surface area (Å²) in [5.41, 5.74) is 6.79. The molecule has 0 aliphatic heterocycles. The van der Waals surface area contributed by atoms with Gasteiger partial charge in [0.25, 0.3) is 0 Å². The molecule has 3 N–H and O–H groups in total. The van der Waals surface area contributed by atoms with Crippen LogP contribution < -0.4 is 11.1 Å². The van der Waals surface area contributed by atoms with Crippen molar-refractivity contribution < 1.29 is 0 Å². The van der Waals surface area contributed by atoms with E-state index < -0.39 is 0 Å². The zero-order valence-electron chi connectivity index (χ0n) is 9.33. The van der Waals surface area contributed by atoms with Gasteiger partial charge in [0.05, 0.1) is 0 Å². The van der Waals surface area contributed by atoms with E-state index >= 15 is 0 Å². The quantitative estimate of drug-likeness (QED) is 0.825. The fourth-order valence-electron chi connectivity index (χ4n) is 2.37. The molecule has 84 valence electrons. The molecular formula is C12H20N2S. The molecular weight excluding hydrogens is 204 g/mol. The highest BCUT2D eigenvalue weighted by Crippen LogP contribution is 2.28. The summed E-state index contributed by atoms with van der Waals surface area (Å²) in [5.74, 6) is 0.881. The highest BCUT2D eigenvalue weighted by atomic mass is 32.1. The minimum Gasteiger partial charge on any atom is -0.398 e. The lowest BCUT2D eigenvalue weighted by atomic mass is 10.00. The van der Waals surface area contributed by atoms with Gasteiger partial charge in [-0.3, -0.25) is 0 Å². The predicted molar refractivity (Wildman–Crippen MR) is 67.0 cm³/mol. The van der Waals surface area contributed by atoms with Gasteiger partial charge in [0.2, 0.25) is 0 Å². The summed E-state index contributed by atoms with van der Waals surface area (Å²) in [6.07, 6.45) is 5.62. The van der Waals surface area contributed by atoms with Crippen LogP contribution in [0.15, 0.2) is 11.4 Å². The van der Waals surface area contributed by atoms with Crippen LogP contribution in [-0.2, 0) is 6.54 Å². The molecule has 1 aliphatic carbocycles. The number of hydrogen-bond acceptors (Lipinski definition) is 3. The van der Waals surface area contributed by atoms with Gasteiger partial charge in [-0.1, -0.05) is 12.8 Å². The van der Waals surface area contributed by atoms with E-state index in [4.69, 9.17) is 5.73 Å². The van der Waals surface area contributed by atoms with Gasteiger partial charge >= 0.3 is 0 Å². The van der Waals surface area contributed by atoms with E-state index in [9.17, 15) is 0 Å². The summed E-state index contributed by atoms with van der Waals surface area (Å²) < 4.78 is 0. The number of rotatable bonds is 4. The Morgan fingerprint density at radius 3 is 2.87 bits per heavy atom. The smallest absolute Gasteiger partial charge is 0.0468 e. The van der Waals surface area contributed by atoms with Crippen molar-refractivity contribution in [3.63, 3.8) is 0 Å². The Balaban J connectivity index is 1.80. The standard InChI is InChI=1S/C12H20N2S/c1-9(10-4-2-3-5-10)14-8-12-11(13)6-7-15-12/h6-7,9-10,14H,2-5,8,13H2,1H3/t9-/m1/s1. The Kier molecular flexibility index (Phi) is 3.65. The minimum absolute atomic E-state index is 0.633. The largest absolute Gasteiger partial charge is 0.398 e. The van der Waals surface area contributed by atoms with Crippen molar-refractivity contribution >= 4 is 17.0 Å². The molecule has 0 amide bonds. The molecule has 0 aromatic carbocycles. The van der Waals surface area contributed by atoms with Crippen molar-refractivity contribution in [2.24, 2.45) is 5.92 Å². The van der Waals surface area contributed by atoms with Gasteiger partial charge < -0.3 is 11.1 Å². The maximum absolute atomic E-state index is 5.85. The monoisotopic (exact) mass is 224 g/mol. The van der Waals surface area contributed by atoms with Crippen molar-refractivity contribution in [1.82, 2.24) is 5.32 Å². The SMILES string of the molecule is C[C@@H](NCc1sccc1N)C1CCCC1. The van der Waals surface area contributed by atoms with Crippen molar-refractivity contribution in [2.45, 2.75) is 45.2 Å². The molecule has 0 unspecified atom stereocenters. The molecule has 2 nitrogen and oxygen atoms in total. The van der Waals surface area contributed by atoms with Gasteiger partial charge in [-0.05, 0) is 37.1 Å². The van der Waals surface area contributed by atoms with E-state index in [2.05, 4.69) is 17.6 Å². The fourth-order valence-corrected chi connectivity index (χ4v) is 3.12. The molecule has 0 radical (unpaired) electrons. The van der Waals surface area contributed by atoms with Crippen LogP contribution >= 0.6 is 11.3 Å². The molecule has 2 rings (SSSR count). The zero-order chi connectivity index (χ0) is 10.7. The van der Waals surface area contributed by atoms with Gasteiger partial charge in [-0.25, -0.2) is 0 Å². The third-order valence-electron chi connectivity index (χ3n) is 3.47. The van der Waals surface area contributed by atoms with Crippen LogP contribution in [0, 0.1) is 5.92 Å². The van der Waals surface area contributed by atoms with E-state index in [1.54, 1.807) is 11.3 Å². The lowest BCUT2D eigenvalue weighted by molar-refractivity contribution is 0.382. The summed E-state index contributed by atoms with van der Waals surface area (Å²) >= 11 is 1.75. The Morgan fingerprint density at radius 2 is 2.27 bits per heavy atom. The van der Waals surface area contributed by atoms with E-state index in [1.807, 2.05) is 6.07 Å². The number of anilines is 1. The molecule has 1 aromatic rings. The number of thiophene rings is 1. The summed E-state index contributed by atoms with van der Waals surface area (Å²) in [6.45, 7) is 3.24. The summed E-state index contributed by atoms with van der Waals surface area (Å²) in [7, 11) is 0. The van der Waals surface area contributed by atoms with Gasteiger partial charge in [-0.2, -0.15) is 0 Å². The number of nitrogen functional groups attached to an aromatic ring is 1. The molecule has 1 aromatic heterocycles. The lowest BCUT2D eigenvalue weighted by Gasteiger charge is -2.20. The first kappa shape index (κ1) is 11.0. The van der Waals surface area contributed by atoms with Crippen LogP contribution in [0.4, 0.5) is 5.69 Å². The highest BCUT2D eigenvalue weighted by Gasteiger charge is 2.21. The van der Waals surface area contributed by atoms with Crippen LogP contribution in [0.1, 0.15) is 37.5 Å². The molecule has 1 saturated carbocycles. The predicted octanol–water partition coefficient (Wildman–Crippen LogP) is 3.00. The third-order valence-corrected chi connectivity index (χ3v) is 4.41. The second-order valence-corrected chi connectivity index (χ2v) is 5.51. The maximum Gasteiger partial charge on any atom is 0.0468 e. The van der Waals surface area contributed by atoms with Crippen LogP contribution in [0.5, 0.6) is 0 Å². The van der Waals surface area contributed by atoms with Crippen LogP contribution in [0.25, 0.3) is 0 Å². The number of nitrogens with two attached hydrogens (primary N) is 1. The summed E-state index contributed by atoms with van der Waals surface area (Å²) in [5, 5.41) is 5.66. The van der Waals surface area contributed by atoms with Gasteiger partial charge in [0.15, 0.2) is 0 Å². The summed E-state index contributed by atoms with van der Waals surface area (Å²) in [4.78, 5) is 1.28. The van der Waals surface area contributed by atoms with Gasteiger partial charge in [-0.15, -0.1) is 11.3 Å². The molecule has 1 heterocycles. The second kappa shape index (κ2) is 4.99. The molecule has 1 aliphatic rings. The Morgan fingerprint density at radius 1 is 1.53 bits per heavy atom. The first-order chi connectivity index (χ1) is 7.27. The average Bonchev–Trinajstić information content (AvgIpc) is 2.85. The first-order valence-corrected chi connectivity index (χ1v) is 6.70. The van der Waals surface area contributed by atoms with Crippen molar-refractivity contribution in [3.8, 4) is 0 Å². The fraction of sp³-hybridized carbons (Fsp3) is 0.667. The van der Waals surface area contributed by atoms with Gasteiger partial charge in [0.1, 0.15) is 0 Å². The Bertz CT molecular complexity index is 302. The van der Waals surface area contributed by atoms with Crippen molar-refractivity contribution in [3.05, 3.63) is 16.3 Å². The molecule has 1 fully saturated rings. The van der Waals surface area contributed by atoms with E-state index in [0.717, 1.165) is 18.2 Å². The Labute approximate surface area is 95.9 Å². The third kappa shape index (κ3) is 2.73. The van der Waals surface area contributed by atoms with E-state index in [-0.39, 0.29) is 0 Å². The second-order valence-electron chi connectivity index (χ2n) is 4.51. The molecule has 0 spiro atoms. The lowest BCUT2D eigenvalue weighted by Crippen LogP contribution is -2.31. The topological polar surface area (TPSA) is 38.0 Å². The zero-order valence-corrected chi connectivity index (χ0v) is 10.1. The normalized spacial score (nSPS) is 19.5. The van der Waals surface area contributed by atoms with Crippen LogP contribution in [0.3, 0.4) is 0 Å². The molecule has 0 bridgehead atoms. The average molecular weight is 224 g/mol. The molecule has 1 atom stereocenters. The van der Waals surface area contributed by atoms with Crippen LogP contribution in [-0.4, -0.2) is 6.04 Å². The maximum atomic E-state index is 5.85. The highest BCUT2D eigenvalue weighted by molar-refractivity contribution is 7.10. The summed E-state index contributed by atoms with van der Waals surface area (Å²) in [6, 6.07) is 2.62. The van der Waals surface area contributed by atoms with E-state index in [0.29, 0.717) is 6.04 Å².